The maximum absolute atomic E-state index is 8.96. The molecule has 3 aromatic rings. The fourth-order valence-electron chi connectivity index (χ4n) is 1.70. The van der Waals surface area contributed by atoms with E-state index in [2.05, 4.69) is 9.97 Å². The molecule has 1 aromatic carbocycles. The van der Waals surface area contributed by atoms with Gasteiger partial charge in [0.2, 0.25) is 0 Å². The Morgan fingerprint density at radius 2 is 1.94 bits per heavy atom. The smallest absolute Gasteiger partial charge is 0.170 e. The molecular formula is C13H7N3O. The average Bonchev–Trinajstić information content (AvgIpc) is 2.82. The standard InChI is InChI=1S/C13H7N3O/c14-8-10-13(16-6-5-15-10)12-7-9-3-1-2-4-11(9)17-12/h1-7H. The number of hydrogen-bond donors (Lipinski definition) is 0. The molecule has 0 saturated heterocycles. The third kappa shape index (κ3) is 1.54. The topological polar surface area (TPSA) is 62.7 Å². The fraction of sp³-hybridized carbons (Fsp3) is 0. The van der Waals surface area contributed by atoms with Crippen molar-refractivity contribution in [3.8, 4) is 17.5 Å². The molecule has 0 saturated carbocycles. The lowest BCUT2D eigenvalue weighted by Gasteiger charge is -1.95. The van der Waals surface area contributed by atoms with E-state index in [0.29, 0.717) is 11.5 Å². The summed E-state index contributed by atoms with van der Waals surface area (Å²) in [5.41, 5.74) is 1.52. The van der Waals surface area contributed by atoms with Gasteiger partial charge in [-0.1, -0.05) is 18.2 Å². The number of rotatable bonds is 1. The molecule has 0 bridgehead atoms. The Morgan fingerprint density at radius 1 is 1.12 bits per heavy atom. The van der Waals surface area contributed by atoms with E-state index in [-0.39, 0.29) is 5.69 Å². The predicted octanol–water partition coefficient (Wildman–Crippen LogP) is 2.76. The normalized spacial score (nSPS) is 10.3. The highest BCUT2D eigenvalue weighted by Gasteiger charge is 2.12. The first-order valence-electron chi connectivity index (χ1n) is 5.08. The Labute approximate surface area is 97.2 Å². The van der Waals surface area contributed by atoms with E-state index in [9.17, 15) is 0 Å². The van der Waals surface area contributed by atoms with E-state index in [0.717, 1.165) is 11.0 Å². The van der Waals surface area contributed by atoms with Gasteiger partial charge in [0.25, 0.3) is 0 Å². The van der Waals surface area contributed by atoms with Gasteiger partial charge in [-0.05, 0) is 12.1 Å². The first-order valence-corrected chi connectivity index (χ1v) is 5.08. The van der Waals surface area contributed by atoms with Crippen LogP contribution in [0, 0.1) is 11.3 Å². The van der Waals surface area contributed by atoms with E-state index >= 15 is 0 Å². The van der Waals surface area contributed by atoms with Crippen LogP contribution in [0.1, 0.15) is 5.69 Å². The van der Waals surface area contributed by atoms with Crippen LogP contribution in [0.3, 0.4) is 0 Å². The zero-order valence-corrected chi connectivity index (χ0v) is 8.79. The van der Waals surface area contributed by atoms with E-state index < -0.39 is 0 Å². The van der Waals surface area contributed by atoms with Gasteiger partial charge in [0.15, 0.2) is 11.5 Å². The maximum Gasteiger partial charge on any atom is 0.170 e. The van der Waals surface area contributed by atoms with E-state index in [4.69, 9.17) is 9.68 Å². The molecule has 0 aliphatic rings. The van der Waals surface area contributed by atoms with Crippen LogP contribution in [0.15, 0.2) is 47.1 Å². The molecule has 0 aliphatic carbocycles. The van der Waals surface area contributed by atoms with Crippen LogP contribution in [0.4, 0.5) is 0 Å². The maximum atomic E-state index is 8.96. The second kappa shape index (κ2) is 3.72. The number of benzene rings is 1. The summed E-state index contributed by atoms with van der Waals surface area (Å²) >= 11 is 0. The quantitative estimate of drug-likeness (QED) is 0.633. The van der Waals surface area contributed by atoms with Crippen molar-refractivity contribution in [3.63, 3.8) is 0 Å². The van der Waals surface area contributed by atoms with Crippen molar-refractivity contribution in [1.29, 1.82) is 5.26 Å². The van der Waals surface area contributed by atoms with Gasteiger partial charge in [0.05, 0.1) is 0 Å². The summed E-state index contributed by atoms with van der Waals surface area (Å²) in [7, 11) is 0. The summed E-state index contributed by atoms with van der Waals surface area (Å²) < 4.78 is 5.64. The van der Waals surface area contributed by atoms with Crippen molar-refractivity contribution >= 4 is 11.0 Å². The zero-order chi connectivity index (χ0) is 11.7. The van der Waals surface area contributed by atoms with Crippen LogP contribution in [-0.2, 0) is 0 Å². The molecule has 3 rings (SSSR count). The Hall–Kier alpha value is -2.67. The largest absolute Gasteiger partial charge is 0.454 e. The molecule has 17 heavy (non-hydrogen) atoms. The summed E-state index contributed by atoms with van der Waals surface area (Å²) in [5, 5.41) is 9.94. The van der Waals surface area contributed by atoms with Crippen LogP contribution >= 0.6 is 0 Å². The predicted molar refractivity (Wildman–Crippen MR) is 62.0 cm³/mol. The van der Waals surface area contributed by atoms with Gasteiger partial charge in [-0.2, -0.15) is 5.26 Å². The fourth-order valence-corrected chi connectivity index (χ4v) is 1.70. The first kappa shape index (κ1) is 9.55. The molecule has 0 aliphatic heterocycles. The molecule has 0 atom stereocenters. The monoisotopic (exact) mass is 221 g/mol. The van der Waals surface area contributed by atoms with Crippen LogP contribution in [0.2, 0.25) is 0 Å². The minimum atomic E-state index is 0.270. The minimum Gasteiger partial charge on any atom is -0.454 e. The third-order valence-electron chi connectivity index (χ3n) is 2.46. The molecule has 0 amide bonds. The lowest BCUT2D eigenvalue weighted by atomic mass is 10.2. The molecule has 0 spiro atoms. The van der Waals surface area contributed by atoms with Crippen molar-refractivity contribution in [2.24, 2.45) is 0 Å². The third-order valence-corrected chi connectivity index (χ3v) is 2.46. The summed E-state index contributed by atoms with van der Waals surface area (Å²) in [6, 6.07) is 11.5. The molecule has 2 aromatic heterocycles. The summed E-state index contributed by atoms with van der Waals surface area (Å²) in [6.45, 7) is 0. The van der Waals surface area contributed by atoms with Gasteiger partial charge < -0.3 is 4.42 Å². The van der Waals surface area contributed by atoms with Crippen molar-refractivity contribution < 1.29 is 4.42 Å². The van der Waals surface area contributed by atoms with Crippen LogP contribution in [0.25, 0.3) is 22.4 Å². The molecule has 0 N–H and O–H groups in total. The molecule has 0 radical (unpaired) electrons. The molecule has 0 fully saturated rings. The molecular weight excluding hydrogens is 214 g/mol. The molecule has 2 heterocycles. The van der Waals surface area contributed by atoms with Crippen molar-refractivity contribution in [3.05, 3.63) is 48.4 Å². The van der Waals surface area contributed by atoms with E-state index in [1.165, 1.54) is 6.20 Å². The van der Waals surface area contributed by atoms with E-state index in [1.54, 1.807) is 6.20 Å². The highest BCUT2D eigenvalue weighted by atomic mass is 16.3. The SMILES string of the molecule is N#Cc1nccnc1-c1cc2ccccc2o1. The van der Waals surface area contributed by atoms with Gasteiger partial charge in [0, 0.05) is 17.8 Å². The second-order valence-corrected chi connectivity index (χ2v) is 3.51. The average molecular weight is 221 g/mol. The van der Waals surface area contributed by atoms with Crippen molar-refractivity contribution in [2.45, 2.75) is 0 Å². The zero-order valence-electron chi connectivity index (χ0n) is 8.79. The van der Waals surface area contributed by atoms with Crippen LogP contribution in [0.5, 0.6) is 0 Å². The highest BCUT2D eigenvalue weighted by Crippen LogP contribution is 2.27. The number of hydrogen-bond acceptors (Lipinski definition) is 4. The van der Waals surface area contributed by atoms with Gasteiger partial charge in [-0.25, -0.2) is 9.97 Å². The molecule has 0 unspecified atom stereocenters. The number of aromatic nitrogens is 2. The Bertz CT molecular complexity index is 692. The molecule has 4 heteroatoms. The van der Waals surface area contributed by atoms with Gasteiger partial charge >= 0.3 is 0 Å². The Kier molecular flexibility index (Phi) is 2.09. The lowest BCUT2D eigenvalue weighted by molar-refractivity contribution is 0.628. The minimum absolute atomic E-state index is 0.270. The first-order chi connectivity index (χ1) is 8.38. The van der Waals surface area contributed by atoms with Crippen LogP contribution < -0.4 is 0 Å². The van der Waals surface area contributed by atoms with Crippen molar-refractivity contribution in [2.75, 3.05) is 0 Å². The molecule has 80 valence electrons. The highest BCUT2D eigenvalue weighted by molar-refractivity contribution is 5.82. The number of furan rings is 1. The summed E-state index contributed by atoms with van der Waals surface area (Å²) in [5.74, 6) is 0.566. The van der Waals surface area contributed by atoms with Gasteiger partial charge in [0.1, 0.15) is 17.3 Å². The van der Waals surface area contributed by atoms with Crippen molar-refractivity contribution in [1.82, 2.24) is 9.97 Å². The number of fused-ring (bicyclic) bond motifs is 1. The Morgan fingerprint density at radius 3 is 2.76 bits per heavy atom. The van der Waals surface area contributed by atoms with Gasteiger partial charge in [-0.3, -0.25) is 0 Å². The summed E-state index contributed by atoms with van der Waals surface area (Å²) in [6.07, 6.45) is 3.04. The Balaban J connectivity index is 2.25. The lowest BCUT2D eigenvalue weighted by Crippen LogP contribution is -1.90. The summed E-state index contributed by atoms with van der Waals surface area (Å²) in [4.78, 5) is 8.10. The van der Waals surface area contributed by atoms with E-state index in [1.807, 2.05) is 36.4 Å². The molecule has 4 nitrogen and oxygen atoms in total. The second-order valence-electron chi connectivity index (χ2n) is 3.51. The number of nitriles is 1. The number of nitrogens with zero attached hydrogens (tertiary/aromatic N) is 3. The van der Waals surface area contributed by atoms with Crippen LogP contribution in [-0.4, -0.2) is 9.97 Å². The number of para-hydroxylation sites is 1. The van der Waals surface area contributed by atoms with Gasteiger partial charge in [-0.15, -0.1) is 0 Å².